The Balaban J connectivity index is 1.68. The summed E-state index contributed by atoms with van der Waals surface area (Å²) in [6.45, 7) is 1.42. The van der Waals surface area contributed by atoms with E-state index in [9.17, 15) is 9.90 Å². The second kappa shape index (κ2) is 6.88. The number of carbonyl (C=O) groups excluding carboxylic acids is 1. The highest BCUT2D eigenvalue weighted by Gasteiger charge is 2.36. The van der Waals surface area contributed by atoms with Crippen LogP contribution in [-0.2, 0) is 0 Å². The number of hydrogen-bond donors (Lipinski definition) is 1. The predicted octanol–water partition coefficient (Wildman–Crippen LogP) is 0.370. The summed E-state index contributed by atoms with van der Waals surface area (Å²) in [5.74, 6) is 0.411. The van der Waals surface area contributed by atoms with E-state index in [2.05, 4.69) is 20.2 Å². The number of likely N-dealkylation sites (N-methyl/N-ethyl adjacent to an activating group) is 1. The minimum absolute atomic E-state index is 0.189. The van der Waals surface area contributed by atoms with Crippen molar-refractivity contribution in [3.8, 4) is 0 Å². The molecule has 0 radical (unpaired) electrons. The molecule has 0 bridgehead atoms. The summed E-state index contributed by atoms with van der Waals surface area (Å²) in [7, 11) is 1.68. The molecule has 1 fully saturated rings. The molecule has 2 aromatic heterocycles. The molecule has 8 nitrogen and oxygen atoms in total. The number of hydrogen-bond acceptors (Lipinski definition) is 7. The third kappa shape index (κ3) is 3.65. The molecule has 1 atom stereocenters. The SMILES string of the molecule is CN(C[C@@]1(O)CCCN(c2ncccn2)C1)C(=O)c1ccnnc1. The van der Waals surface area contributed by atoms with E-state index in [1.54, 1.807) is 31.6 Å². The van der Waals surface area contributed by atoms with E-state index >= 15 is 0 Å². The first-order chi connectivity index (χ1) is 11.6. The fourth-order valence-corrected chi connectivity index (χ4v) is 3.02. The average Bonchev–Trinajstić information content (AvgIpc) is 2.62. The van der Waals surface area contributed by atoms with Crippen LogP contribution in [0, 0.1) is 0 Å². The molecule has 0 saturated carbocycles. The first-order valence-corrected chi connectivity index (χ1v) is 7.84. The second-order valence-electron chi connectivity index (χ2n) is 6.09. The molecule has 3 rings (SSSR count). The first-order valence-electron chi connectivity index (χ1n) is 7.84. The van der Waals surface area contributed by atoms with Crippen LogP contribution in [-0.4, -0.2) is 68.4 Å². The number of piperidine rings is 1. The van der Waals surface area contributed by atoms with Crippen molar-refractivity contribution in [2.24, 2.45) is 0 Å². The van der Waals surface area contributed by atoms with Crippen LogP contribution in [0.1, 0.15) is 23.2 Å². The van der Waals surface area contributed by atoms with Crippen LogP contribution >= 0.6 is 0 Å². The number of amides is 1. The Morgan fingerprint density at radius 1 is 1.33 bits per heavy atom. The number of aliphatic hydroxyl groups is 1. The van der Waals surface area contributed by atoms with Gasteiger partial charge in [-0.15, -0.1) is 0 Å². The third-order valence-corrected chi connectivity index (χ3v) is 4.10. The van der Waals surface area contributed by atoms with Crippen LogP contribution in [0.25, 0.3) is 0 Å². The summed E-state index contributed by atoms with van der Waals surface area (Å²) in [6, 6.07) is 3.37. The average molecular weight is 328 g/mol. The lowest BCUT2D eigenvalue weighted by molar-refractivity contribution is -0.000311. The quantitative estimate of drug-likeness (QED) is 0.866. The van der Waals surface area contributed by atoms with Crippen LogP contribution in [0.15, 0.2) is 36.9 Å². The van der Waals surface area contributed by atoms with Gasteiger partial charge in [-0.05, 0) is 25.0 Å². The smallest absolute Gasteiger partial charge is 0.255 e. The molecule has 0 aliphatic carbocycles. The van der Waals surface area contributed by atoms with Crippen LogP contribution in [0.2, 0.25) is 0 Å². The Morgan fingerprint density at radius 3 is 2.83 bits per heavy atom. The lowest BCUT2D eigenvalue weighted by Crippen LogP contribution is -2.55. The van der Waals surface area contributed by atoms with Gasteiger partial charge in [-0.3, -0.25) is 4.79 Å². The molecule has 1 N–H and O–H groups in total. The van der Waals surface area contributed by atoms with E-state index in [0.717, 1.165) is 13.0 Å². The van der Waals surface area contributed by atoms with Crippen molar-refractivity contribution in [1.29, 1.82) is 0 Å². The van der Waals surface area contributed by atoms with Crippen LogP contribution in [0.5, 0.6) is 0 Å². The fraction of sp³-hybridized carbons (Fsp3) is 0.438. The molecule has 3 heterocycles. The Kier molecular flexibility index (Phi) is 4.66. The Hall–Kier alpha value is -2.61. The van der Waals surface area contributed by atoms with E-state index in [1.165, 1.54) is 17.3 Å². The lowest BCUT2D eigenvalue weighted by atomic mass is 9.92. The third-order valence-electron chi connectivity index (χ3n) is 4.10. The normalized spacial score (nSPS) is 20.7. The van der Waals surface area contributed by atoms with Crippen LogP contribution < -0.4 is 4.90 Å². The summed E-state index contributed by atoms with van der Waals surface area (Å²) in [6.07, 6.45) is 7.71. The zero-order chi connectivity index (χ0) is 17.0. The van der Waals surface area contributed by atoms with E-state index in [0.29, 0.717) is 24.5 Å². The zero-order valence-corrected chi connectivity index (χ0v) is 13.5. The van der Waals surface area contributed by atoms with Gasteiger partial charge in [0.2, 0.25) is 5.95 Å². The topological polar surface area (TPSA) is 95.3 Å². The van der Waals surface area contributed by atoms with Crippen molar-refractivity contribution in [2.75, 3.05) is 31.6 Å². The van der Waals surface area contributed by atoms with Crippen molar-refractivity contribution in [3.05, 3.63) is 42.5 Å². The van der Waals surface area contributed by atoms with E-state index in [-0.39, 0.29) is 12.5 Å². The predicted molar refractivity (Wildman–Crippen MR) is 87.4 cm³/mol. The molecule has 1 amide bonds. The molecule has 0 unspecified atom stereocenters. The van der Waals surface area contributed by atoms with Gasteiger partial charge in [0.1, 0.15) is 0 Å². The number of β-amino-alcohol motifs (C(OH)–C–C–N with tert-alkyl or cyclic N) is 1. The molecular weight excluding hydrogens is 308 g/mol. The summed E-state index contributed by atoms with van der Waals surface area (Å²) in [5.41, 5.74) is -0.544. The van der Waals surface area contributed by atoms with Gasteiger partial charge in [0, 0.05) is 26.0 Å². The summed E-state index contributed by atoms with van der Waals surface area (Å²) >= 11 is 0. The fourth-order valence-electron chi connectivity index (χ4n) is 3.02. The molecule has 24 heavy (non-hydrogen) atoms. The highest BCUT2D eigenvalue weighted by Crippen LogP contribution is 2.24. The molecule has 1 aliphatic rings. The second-order valence-corrected chi connectivity index (χ2v) is 6.09. The van der Waals surface area contributed by atoms with Gasteiger partial charge in [-0.25, -0.2) is 9.97 Å². The van der Waals surface area contributed by atoms with E-state index < -0.39 is 5.60 Å². The Morgan fingerprint density at radius 2 is 2.12 bits per heavy atom. The molecule has 2 aromatic rings. The molecule has 0 aromatic carbocycles. The van der Waals surface area contributed by atoms with Gasteiger partial charge in [0.25, 0.3) is 5.91 Å². The van der Waals surface area contributed by atoms with Gasteiger partial charge in [-0.2, -0.15) is 10.2 Å². The van der Waals surface area contributed by atoms with E-state index in [4.69, 9.17) is 0 Å². The maximum atomic E-state index is 12.4. The maximum absolute atomic E-state index is 12.4. The van der Waals surface area contributed by atoms with E-state index in [1.807, 2.05) is 4.90 Å². The highest BCUT2D eigenvalue weighted by molar-refractivity contribution is 5.93. The monoisotopic (exact) mass is 328 g/mol. The molecule has 126 valence electrons. The van der Waals surface area contributed by atoms with Crippen LogP contribution in [0.4, 0.5) is 5.95 Å². The Bertz CT molecular complexity index is 683. The Labute approximate surface area is 140 Å². The minimum atomic E-state index is -0.998. The number of nitrogens with zero attached hydrogens (tertiary/aromatic N) is 6. The summed E-state index contributed by atoms with van der Waals surface area (Å²) in [5, 5.41) is 18.3. The van der Waals surface area contributed by atoms with Gasteiger partial charge >= 0.3 is 0 Å². The zero-order valence-electron chi connectivity index (χ0n) is 13.5. The van der Waals surface area contributed by atoms with Crippen molar-refractivity contribution in [2.45, 2.75) is 18.4 Å². The number of rotatable bonds is 4. The van der Waals surface area contributed by atoms with Crippen LogP contribution in [0.3, 0.4) is 0 Å². The molecule has 8 heteroatoms. The standard InChI is InChI=1S/C16H20N6O2/c1-21(14(23)13-4-8-19-20-10-13)11-16(24)5-2-9-22(12-16)15-17-6-3-7-18-15/h3-4,6-8,10,24H,2,5,9,11-12H2,1H3/t16-/m0/s1. The molecule has 0 spiro atoms. The lowest BCUT2D eigenvalue weighted by Gasteiger charge is -2.41. The maximum Gasteiger partial charge on any atom is 0.255 e. The highest BCUT2D eigenvalue weighted by atomic mass is 16.3. The summed E-state index contributed by atoms with van der Waals surface area (Å²) in [4.78, 5) is 24.4. The van der Waals surface area contributed by atoms with Gasteiger partial charge in [0.05, 0.1) is 36.6 Å². The van der Waals surface area contributed by atoms with Gasteiger partial charge in [-0.1, -0.05) is 0 Å². The largest absolute Gasteiger partial charge is 0.386 e. The van der Waals surface area contributed by atoms with Crippen molar-refractivity contribution in [1.82, 2.24) is 25.1 Å². The number of carbonyl (C=O) groups is 1. The van der Waals surface area contributed by atoms with Gasteiger partial charge in [0.15, 0.2) is 0 Å². The molecule has 1 aliphatic heterocycles. The summed E-state index contributed by atoms with van der Waals surface area (Å²) < 4.78 is 0. The van der Waals surface area contributed by atoms with Gasteiger partial charge < -0.3 is 14.9 Å². The minimum Gasteiger partial charge on any atom is -0.386 e. The van der Waals surface area contributed by atoms with Crippen molar-refractivity contribution >= 4 is 11.9 Å². The van der Waals surface area contributed by atoms with Crippen molar-refractivity contribution < 1.29 is 9.90 Å². The molecular formula is C16H20N6O2. The molecule has 1 saturated heterocycles. The number of aromatic nitrogens is 4. The first kappa shape index (κ1) is 16.3. The van der Waals surface area contributed by atoms with Crippen molar-refractivity contribution in [3.63, 3.8) is 0 Å². The number of anilines is 1.